The smallest absolute Gasteiger partial charge is 0.338 e. The molecule has 1 atom stereocenters. The van der Waals surface area contributed by atoms with Gasteiger partial charge in [0.1, 0.15) is 4.90 Å². The van der Waals surface area contributed by atoms with Crippen molar-refractivity contribution in [2.75, 3.05) is 6.61 Å². The maximum atomic E-state index is 13.9. The molecule has 112 valence electrons. The summed E-state index contributed by atoms with van der Waals surface area (Å²) in [6.45, 7) is 1.16. The van der Waals surface area contributed by atoms with Gasteiger partial charge in [-0.2, -0.15) is 0 Å². The SMILES string of the molecule is CC[C@H](CO)NS(=O)(=O)c1cc(Cl)cc(C(=O)O)c1F. The van der Waals surface area contributed by atoms with E-state index in [1.54, 1.807) is 6.92 Å². The summed E-state index contributed by atoms with van der Waals surface area (Å²) in [5.41, 5.74) is -0.838. The van der Waals surface area contributed by atoms with Gasteiger partial charge in [-0.25, -0.2) is 22.3 Å². The predicted molar refractivity (Wildman–Crippen MR) is 69.9 cm³/mol. The van der Waals surface area contributed by atoms with Crippen LogP contribution in [0.1, 0.15) is 23.7 Å². The first-order chi connectivity index (χ1) is 9.22. The summed E-state index contributed by atoms with van der Waals surface area (Å²) in [5, 5.41) is 17.5. The molecule has 20 heavy (non-hydrogen) atoms. The topological polar surface area (TPSA) is 104 Å². The number of nitrogens with one attached hydrogen (secondary N) is 1. The number of benzene rings is 1. The number of carboxylic acid groups (broad SMARTS) is 1. The van der Waals surface area contributed by atoms with Gasteiger partial charge in [-0.1, -0.05) is 18.5 Å². The molecule has 0 aliphatic carbocycles. The first-order valence-corrected chi connectivity index (χ1v) is 7.44. The quantitative estimate of drug-likeness (QED) is 0.729. The van der Waals surface area contributed by atoms with Gasteiger partial charge in [0.2, 0.25) is 10.0 Å². The second-order valence-corrected chi connectivity index (χ2v) is 6.10. The van der Waals surface area contributed by atoms with Crippen molar-refractivity contribution < 1.29 is 27.8 Å². The molecule has 0 aliphatic heterocycles. The van der Waals surface area contributed by atoms with E-state index in [4.69, 9.17) is 21.8 Å². The fourth-order valence-corrected chi connectivity index (χ4v) is 3.17. The zero-order chi connectivity index (χ0) is 15.5. The average Bonchev–Trinajstić information content (AvgIpc) is 2.37. The molecule has 0 saturated heterocycles. The Morgan fingerprint density at radius 1 is 1.50 bits per heavy atom. The molecule has 0 radical (unpaired) electrons. The molecule has 0 bridgehead atoms. The van der Waals surface area contributed by atoms with Gasteiger partial charge in [0.25, 0.3) is 0 Å². The van der Waals surface area contributed by atoms with Crippen LogP contribution in [0.25, 0.3) is 0 Å². The van der Waals surface area contributed by atoms with E-state index in [1.807, 2.05) is 0 Å². The molecule has 0 heterocycles. The Balaban J connectivity index is 3.35. The van der Waals surface area contributed by atoms with Crippen LogP contribution >= 0.6 is 11.6 Å². The van der Waals surface area contributed by atoms with Gasteiger partial charge in [-0.15, -0.1) is 0 Å². The van der Waals surface area contributed by atoms with Crippen LogP contribution < -0.4 is 4.72 Å². The second-order valence-electron chi connectivity index (χ2n) is 3.98. The van der Waals surface area contributed by atoms with E-state index in [-0.39, 0.29) is 11.4 Å². The maximum absolute atomic E-state index is 13.9. The number of hydrogen-bond donors (Lipinski definition) is 3. The molecule has 0 unspecified atom stereocenters. The summed E-state index contributed by atoms with van der Waals surface area (Å²) in [7, 11) is -4.33. The van der Waals surface area contributed by atoms with Crippen LogP contribution in [-0.2, 0) is 10.0 Å². The summed E-state index contributed by atoms with van der Waals surface area (Å²) in [5.74, 6) is -3.03. The molecular weight excluding hydrogens is 313 g/mol. The lowest BCUT2D eigenvalue weighted by molar-refractivity contribution is 0.0691. The molecule has 3 N–H and O–H groups in total. The fourth-order valence-electron chi connectivity index (χ4n) is 1.45. The Labute approximate surface area is 120 Å². The first-order valence-electron chi connectivity index (χ1n) is 5.58. The van der Waals surface area contributed by atoms with Gasteiger partial charge in [0.05, 0.1) is 12.2 Å². The molecule has 1 aromatic rings. The van der Waals surface area contributed by atoms with Crippen molar-refractivity contribution in [2.24, 2.45) is 0 Å². The zero-order valence-corrected chi connectivity index (χ0v) is 12.0. The van der Waals surface area contributed by atoms with Gasteiger partial charge in [-0.05, 0) is 18.6 Å². The maximum Gasteiger partial charge on any atom is 0.338 e. The van der Waals surface area contributed by atoms with Crippen LogP contribution in [0.3, 0.4) is 0 Å². The van der Waals surface area contributed by atoms with Crippen LogP contribution in [0.4, 0.5) is 4.39 Å². The Kier molecular flexibility index (Phi) is 5.46. The highest BCUT2D eigenvalue weighted by atomic mass is 35.5. The summed E-state index contributed by atoms with van der Waals surface area (Å²) in [6.07, 6.45) is 0.281. The summed E-state index contributed by atoms with van der Waals surface area (Å²) < 4.78 is 40.0. The Morgan fingerprint density at radius 2 is 2.10 bits per heavy atom. The number of carbonyl (C=O) groups is 1. The Bertz CT molecular complexity index is 615. The lowest BCUT2D eigenvalue weighted by Gasteiger charge is -2.15. The fraction of sp³-hybridized carbons (Fsp3) is 0.364. The van der Waals surface area contributed by atoms with E-state index >= 15 is 0 Å². The van der Waals surface area contributed by atoms with Crippen molar-refractivity contribution in [2.45, 2.75) is 24.3 Å². The molecular formula is C11H13ClFNO5S. The Morgan fingerprint density at radius 3 is 2.55 bits per heavy atom. The van der Waals surface area contributed by atoms with Gasteiger partial charge >= 0.3 is 5.97 Å². The lowest BCUT2D eigenvalue weighted by atomic mass is 10.2. The van der Waals surface area contributed by atoms with Crippen molar-refractivity contribution >= 4 is 27.6 Å². The molecule has 0 aromatic heterocycles. The molecule has 0 spiro atoms. The van der Waals surface area contributed by atoms with Crippen molar-refractivity contribution in [3.8, 4) is 0 Å². The average molecular weight is 326 g/mol. The third kappa shape index (κ3) is 3.66. The molecule has 6 nitrogen and oxygen atoms in total. The monoisotopic (exact) mass is 325 g/mol. The molecule has 1 aromatic carbocycles. The third-order valence-electron chi connectivity index (χ3n) is 2.56. The van der Waals surface area contributed by atoms with Crippen molar-refractivity contribution in [3.63, 3.8) is 0 Å². The largest absolute Gasteiger partial charge is 0.478 e. The van der Waals surface area contributed by atoms with Crippen LogP contribution in [0.15, 0.2) is 17.0 Å². The minimum Gasteiger partial charge on any atom is -0.478 e. The lowest BCUT2D eigenvalue weighted by Crippen LogP contribution is -2.37. The van der Waals surface area contributed by atoms with Crippen molar-refractivity contribution in [3.05, 3.63) is 28.5 Å². The van der Waals surface area contributed by atoms with Gasteiger partial charge in [0, 0.05) is 11.1 Å². The third-order valence-corrected chi connectivity index (χ3v) is 4.30. The van der Waals surface area contributed by atoms with Crippen LogP contribution in [0, 0.1) is 5.82 Å². The van der Waals surface area contributed by atoms with Crippen molar-refractivity contribution in [1.82, 2.24) is 4.72 Å². The number of aromatic carboxylic acids is 1. The highest BCUT2D eigenvalue weighted by Crippen LogP contribution is 2.24. The second kappa shape index (κ2) is 6.49. The molecule has 0 fully saturated rings. The summed E-state index contributed by atoms with van der Waals surface area (Å²) in [4.78, 5) is 9.97. The van der Waals surface area contributed by atoms with Crippen LogP contribution in [-0.4, -0.2) is 37.2 Å². The van der Waals surface area contributed by atoms with E-state index < -0.39 is 44.9 Å². The molecule has 9 heteroatoms. The van der Waals surface area contributed by atoms with E-state index in [0.29, 0.717) is 0 Å². The first kappa shape index (κ1) is 16.8. The van der Waals surface area contributed by atoms with E-state index in [1.165, 1.54) is 0 Å². The standard InChI is InChI=1S/C11H13ClFNO5S/c1-2-7(5-15)14-20(18,19)9-4-6(12)3-8(10(9)13)11(16)17/h3-4,7,14-15H,2,5H2,1H3,(H,16,17)/t7-/m1/s1. The molecule has 0 saturated carbocycles. The number of rotatable bonds is 6. The minimum absolute atomic E-state index is 0.221. The van der Waals surface area contributed by atoms with E-state index in [2.05, 4.69) is 4.72 Å². The van der Waals surface area contributed by atoms with Crippen LogP contribution in [0.5, 0.6) is 0 Å². The number of aliphatic hydroxyl groups excluding tert-OH is 1. The van der Waals surface area contributed by atoms with Gasteiger partial charge in [-0.3, -0.25) is 0 Å². The van der Waals surface area contributed by atoms with E-state index in [9.17, 15) is 17.6 Å². The predicted octanol–water partition coefficient (Wildman–Crippen LogP) is 1.23. The molecule has 0 amide bonds. The highest BCUT2D eigenvalue weighted by Gasteiger charge is 2.26. The highest BCUT2D eigenvalue weighted by molar-refractivity contribution is 7.89. The number of sulfonamides is 1. The summed E-state index contributed by atoms with van der Waals surface area (Å²) in [6, 6.07) is 0.837. The number of hydrogen-bond acceptors (Lipinski definition) is 4. The number of aliphatic hydroxyl groups is 1. The van der Waals surface area contributed by atoms with Crippen LogP contribution in [0.2, 0.25) is 5.02 Å². The van der Waals surface area contributed by atoms with Crippen molar-refractivity contribution in [1.29, 1.82) is 0 Å². The number of halogens is 2. The normalized spacial score (nSPS) is 13.2. The van der Waals surface area contributed by atoms with Gasteiger partial charge in [0.15, 0.2) is 5.82 Å². The summed E-state index contributed by atoms with van der Waals surface area (Å²) >= 11 is 5.60. The molecule has 1 rings (SSSR count). The minimum atomic E-state index is -4.33. The zero-order valence-electron chi connectivity index (χ0n) is 10.4. The number of carboxylic acids is 1. The van der Waals surface area contributed by atoms with Gasteiger partial charge < -0.3 is 10.2 Å². The molecule has 0 aliphatic rings. The Hall–Kier alpha value is -1.22. The van der Waals surface area contributed by atoms with E-state index in [0.717, 1.165) is 12.1 Å².